The van der Waals surface area contributed by atoms with Crippen LogP contribution in [0.1, 0.15) is 5.56 Å². The molecule has 0 spiro atoms. The molecule has 0 radical (unpaired) electrons. The maximum Gasteiger partial charge on any atom is 0.341 e. The lowest BCUT2D eigenvalue weighted by atomic mass is 10.1. The van der Waals surface area contributed by atoms with Crippen LogP contribution in [0.4, 0.5) is 0 Å². The number of benzene rings is 1. The summed E-state index contributed by atoms with van der Waals surface area (Å²) in [4.78, 5) is 21.3. The van der Waals surface area contributed by atoms with Crippen LogP contribution in [0.3, 0.4) is 0 Å². The van der Waals surface area contributed by atoms with Crippen molar-refractivity contribution in [1.82, 2.24) is 5.06 Å². The second kappa shape index (κ2) is 8.00. The zero-order chi connectivity index (χ0) is 16.7. The minimum absolute atomic E-state index is 0.238. The number of hydrogen-bond donors (Lipinski definition) is 0. The third kappa shape index (κ3) is 3.89. The Bertz CT molecular complexity index is 652. The number of esters is 1. The van der Waals surface area contributed by atoms with Crippen LogP contribution in [0.2, 0.25) is 0 Å². The lowest BCUT2D eigenvalue weighted by Crippen LogP contribution is -2.35. The van der Waals surface area contributed by atoms with Crippen molar-refractivity contribution in [2.75, 3.05) is 27.9 Å². The van der Waals surface area contributed by atoms with Crippen LogP contribution in [-0.2, 0) is 19.1 Å². The second-order valence-electron chi connectivity index (χ2n) is 4.40. The molecule has 1 aliphatic heterocycles. The average molecular weight is 318 g/mol. The number of hydroxylamine groups is 2. The van der Waals surface area contributed by atoms with Crippen LogP contribution < -0.4 is 4.74 Å². The smallest absolute Gasteiger partial charge is 0.341 e. The van der Waals surface area contributed by atoms with Gasteiger partial charge in [-0.15, -0.1) is 0 Å². The van der Waals surface area contributed by atoms with Crippen molar-refractivity contribution in [1.29, 1.82) is 0 Å². The third-order valence-electron chi connectivity index (χ3n) is 3.01. The van der Waals surface area contributed by atoms with Gasteiger partial charge in [0.25, 0.3) is 0 Å². The summed E-state index contributed by atoms with van der Waals surface area (Å²) in [5.74, 6) is -0.103. The van der Waals surface area contributed by atoms with Gasteiger partial charge in [-0.25, -0.2) is 14.9 Å². The largest absolute Gasteiger partial charge is 0.503 e. The van der Waals surface area contributed by atoms with Gasteiger partial charge in [0.05, 0.1) is 34.1 Å². The van der Waals surface area contributed by atoms with Crippen LogP contribution in [0.15, 0.2) is 47.8 Å². The Morgan fingerprint density at radius 2 is 2.04 bits per heavy atom. The number of methoxy groups -OCH3 is 2. The molecule has 0 fully saturated rings. The molecule has 0 N–H and O–H groups in total. The lowest BCUT2D eigenvalue weighted by molar-refractivity contribution is -0.133. The van der Waals surface area contributed by atoms with Crippen molar-refractivity contribution in [3.8, 4) is 5.75 Å². The van der Waals surface area contributed by atoms with Crippen LogP contribution in [0, 0.1) is 0 Å². The zero-order valence-electron chi connectivity index (χ0n) is 13.2. The summed E-state index contributed by atoms with van der Waals surface area (Å²) < 4.78 is 15.6. The Morgan fingerprint density at radius 3 is 2.74 bits per heavy atom. The van der Waals surface area contributed by atoms with Gasteiger partial charge in [0.1, 0.15) is 11.3 Å². The number of carbonyl (C=O) groups excluding carboxylic acids is 1. The van der Waals surface area contributed by atoms with E-state index in [1.54, 1.807) is 30.5 Å². The Labute approximate surface area is 134 Å². The number of carbonyl (C=O) groups is 1. The molecule has 0 saturated heterocycles. The highest BCUT2D eigenvalue weighted by molar-refractivity contribution is 6.17. The number of hydrogen-bond acceptors (Lipinski definition) is 7. The Morgan fingerprint density at radius 1 is 1.26 bits per heavy atom. The van der Waals surface area contributed by atoms with E-state index >= 15 is 0 Å². The number of ether oxygens (including phenoxy) is 3. The van der Waals surface area contributed by atoms with Crippen molar-refractivity contribution < 1.29 is 23.8 Å². The van der Waals surface area contributed by atoms with Gasteiger partial charge in [-0.05, 0) is 12.1 Å². The van der Waals surface area contributed by atoms with Crippen molar-refractivity contribution in [3.63, 3.8) is 0 Å². The normalized spacial score (nSPS) is 14.3. The van der Waals surface area contributed by atoms with Crippen LogP contribution in [-0.4, -0.2) is 44.9 Å². The molecule has 2 rings (SSSR count). The van der Waals surface area contributed by atoms with E-state index in [0.717, 1.165) is 0 Å². The second-order valence-corrected chi connectivity index (χ2v) is 4.40. The number of amidine groups is 1. The first-order valence-electron chi connectivity index (χ1n) is 6.84. The number of nitrogens with zero attached hydrogens (tertiary/aromatic N) is 2. The first-order valence-corrected chi connectivity index (χ1v) is 6.84. The fourth-order valence-electron chi connectivity index (χ4n) is 1.96. The molecular weight excluding hydrogens is 300 g/mol. The summed E-state index contributed by atoms with van der Waals surface area (Å²) in [6, 6.07) is 7.29. The first kappa shape index (κ1) is 16.6. The maximum absolute atomic E-state index is 12.0. The quantitative estimate of drug-likeness (QED) is 0.470. The predicted octanol–water partition coefficient (Wildman–Crippen LogP) is 1.97. The van der Waals surface area contributed by atoms with Gasteiger partial charge < -0.3 is 14.2 Å². The highest BCUT2D eigenvalue weighted by Gasteiger charge is 2.21. The molecule has 0 atom stereocenters. The van der Waals surface area contributed by atoms with E-state index in [-0.39, 0.29) is 11.6 Å². The molecule has 122 valence electrons. The van der Waals surface area contributed by atoms with Gasteiger partial charge in [-0.1, -0.05) is 18.2 Å². The van der Waals surface area contributed by atoms with E-state index < -0.39 is 5.97 Å². The summed E-state index contributed by atoms with van der Waals surface area (Å²) in [5.41, 5.74) is 0.760. The van der Waals surface area contributed by atoms with E-state index in [4.69, 9.17) is 19.0 Å². The van der Waals surface area contributed by atoms with Gasteiger partial charge in [0.2, 0.25) is 0 Å². The van der Waals surface area contributed by atoms with Gasteiger partial charge >= 0.3 is 12.0 Å². The Balaban J connectivity index is 2.37. The van der Waals surface area contributed by atoms with Crippen molar-refractivity contribution in [2.45, 2.75) is 0 Å². The molecule has 1 heterocycles. The van der Waals surface area contributed by atoms with Crippen molar-refractivity contribution in [3.05, 3.63) is 48.4 Å². The molecule has 1 aromatic rings. The van der Waals surface area contributed by atoms with Crippen LogP contribution >= 0.6 is 0 Å². The predicted molar refractivity (Wildman–Crippen MR) is 84.4 cm³/mol. The van der Waals surface area contributed by atoms with E-state index in [1.807, 2.05) is 6.08 Å². The van der Waals surface area contributed by atoms with E-state index in [0.29, 0.717) is 17.9 Å². The molecule has 7 heteroatoms. The molecule has 0 bridgehead atoms. The fraction of sp³-hybridized carbons (Fsp3) is 0.250. The molecule has 23 heavy (non-hydrogen) atoms. The lowest BCUT2D eigenvalue weighted by Gasteiger charge is -2.23. The maximum atomic E-state index is 12.0. The molecule has 0 saturated carbocycles. The molecule has 0 aliphatic carbocycles. The number of para-hydroxylation sites is 1. The van der Waals surface area contributed by atoms with Crippen LogP contribution in [0.5, 0.6) is 5.75 Å². The highest BCUT2D eigenvalue weighted by Crippen LogP contribution is 2.27. The molecular formula is C16H18N2O5. The van der Waals surface area contributed by atoms with Gasteiger partial charge in [-0.2, -0.15) is 0 Å². The highest BCUT2D eigenvalue weighted by atomic mass is 16.7. The summed E-state index contributed by atoms with van der Waals surface area (Å²) in [6.45, 7) is 0.509. The molecule has 0 unspecified atom stereocenters. The van der Waals surface area contributed by atoms with Gasteiger partial charge in [0.15, 0.2) is 0 Å². The van der Waals surface area contributed by atoms with E-state index in [1.165, 1.54) is 32.7 Å². The topological polar surface area (TPSA) is 69.6 Å². The fourth-order valence-corrected chi connectivity index (χ4v) is 1.96. The standard InChI is InChI=1S/C16H18N2O5/c1-20-11-13(15(19)21-2)12-7-4-5-8-14(12)23-16-17-9-6-10-18(16)22-3/h4-9,11H,10H2,1-3H3. The first-order chi connectivity index (χ1) is 11.2. The monoisotopic (exact) mass is 318 g/mol. The van der Waals surface area contributed by atoms with Gasteiger partial charge in [-0.3, -0.25) is 4.84 Å². The summed E-state index contributed by atoms with van der Waals surface area (Å²) in [5, 5.41) is 1.48. The number of aliphatic imine (C=N–C) groups is 1. The summed E-state index contributed by atoms with van der Waals surface area (Å²) in [6.07, 6.45) is 4.76. The molecule has 1 aliphatic rings. The number of rotatable bonds is 5. The average Bonchev–Trinajstić information content (AvgIpc) is 2.60. The van der Waals surface area contributed by atoms with E-state index in [2.05, 4.69) is 4.99 Å². The zero-order valence-corrected chi connectivity index (χ0v) is 13.2. The molecule has 0 aromatic heterocycles. The third-order valence-corrected chi connectivity index (χ3v) is 3.01. The summed E-state index contributed by atoms with van der Waals surface area (Å²) in [7, 11) is 4.28. The molecule has 1 aromatic carbocycles. The van der Waals surface area contributed by atoms with E-state index in [9.17, 15) is 4.79 Å². The summed E-state index contributed by atoms with van der Waals surface area (Å²) >= 11 is 0. The van der Waals surface area contributed by atoms with Crippen molar-refractivity contribution in [2.24, 2.45) is 4.99 Å². The van der Waals surface area contributed by atoms with Gasteiger partial charge in [0, 0.05) is 11.8 Å². The minimum Gasteiger partial charge on any atom is -0.503 e. The Kier molecular flexibility index (Phi) is 5.76. The molecule has 0 amide bonds. The van der Waals surface area contributed by atoms with Crippen molar-refractivity contribution >= 4 is 17.6 Å². The SMILES string of the molecule is COC=C(C(=O)OC)c1ccccc1OC1=NC=CCN1OC. The minimum atomic E-state index is -0.531. The Hall–Kier alpha value is -2.80. The van der Waals surface area contributed by atoms with Crippen LogP contribution in [0.25, 0.3) is 5.57 Å². The molecule has 7 nitrogen and oxygen atoms in total.